The summed E-state index contributed by atoms with van der Waals surface area (Å²) in [6.45, 7) is 6.71. The first-order valence-corrected chi connectivity index (χ1v) is 7.28. The molecule has 6 heteroatoms. The lowest BCUT2D eigenvalue weighted by molar-refractivity contribution is 0.147. The van der Waals surface area contributed by atoms with Gasteiger partial charge < -0.3 is 14.8 Å². The van der Waals surface area contributed by atoms with E-state index in [1.165, 1.54) is 13.1 Å². The molecule has 6 nitrogen and oxygen atoms in total. The number of aromatic nitrogens is 3. The fourth-order valence-corrected chi connectivity index (χ4v) is 3.19. The molecular weight excluding hydrogens is 252 g/mol. The quantitative estimate of drug-likeness (QED) is 0.838. The smallest absolute Gasteiger partial charge is 0.156 e. The van der Waals surface area contributed by atoms with Gasteiger partial charge in [-0.15, -0.1) is 0 Å². The molecule has 2 aliphatic heterocycles. The third-order valence-corrected chi connectivity index (χ3v) is 4.45. The number of imidazole rings is 1. The molecule has 1 N–H and O–H groups in total. The molecule has 0 atom stereocenters. The number of hydrogen-bond acceptors (Lipinski definition) is 5. The minimum absolute atomic E-state index is 0.679. The fraction of sp³-hybridized carbons (Fsp3) is 0.571. The largest absolute Gasteiger partial charge is 0.351 e. The molecule has 2 saturated heterocycles. The van der Waals surface area contributed by atoms with Crippen molar-refractivity contribution in [3.8, 4) is 0 Å². The standard InChI is InChI=1S/C14H20N6/c1-18-10-17-13-12(18)2-3-16-14(13)20-8-11(9-20)19-6-4-15-5-7-19/h2-3,10-11,15H,4-9H2,1H3. The zero-order chi connectivity index (χ0) is 13.5. The van der Waals surface area contributed by atoms with Crippen LogP contribution in [0.25, 0.3) is 11.0 Å². The summed E-state index contributed by atoms with van der Waals surface area (Å²) in [6.07, 6.45) is 3.75. The maximum Gasteiger partial charge on any atom is 0.156 e. The van der Waals surface area contributed by atoms with E-state index in [0.717, 1.165) is 43.0 Å². The maximum absolute atomic E-state index is 4.54. The van der Waals surface area contributed by atoms with E-state index in [-0.39, 0.29) is 0 Å². The fourth-order valence-electron chi connectivity index (χ4n) is 3.19. The highest BCUT2D eigenvalue weighted by Crippen LogP contribution is 2.27. The summed E-state index contributed by atoms with van der Waals surface area (Å²) in [6, 6.07) is 2.71. The Morgan fingerprint density at radius 2 is 2.00 bits per heavy atom. The van der Waals surface area contributed by atoms with Crippen LogP contribution in [0.15, 0.2) is 18.6 Å². The van der Waals surface area contributed by atoms with E-state index in [2.05, 4.69) is 25.1 Å². The van der Waals surface area contributed by atoms with Gasteiger partial charge in [0.15, 0.2) is 5.82 Å². The third kappa shape index (κ3) is 1.87. The van der Waals surface area contributed by atoms with Gasteiger partial charge in [0.25, 0.3) is 0 Å². The molecule has 0 aromatic carbocycles. The van der Waals surface area contributed by atoms with Crippen LogP contribution < -0.4 is 10.2 Å². The van der Waals surface area contributed by atoms with Crippen LogP contribution in [0.3, 0.4) is 0 Å². The third-order valence-electron chi connectivity index (χ3n) is 4.45. The van der Waals surface area contributed by atoms with Gasteiger partial charge in [0.2, 0.25) is 0 Å². The minimum Gasteiger partial charge on any atom is -0.351 e. The second-order valence-electron chi connectivity index (χ2n) is 5.70. The molecule has 4 heterocycles. The van der Waals surface area contributed by atoms with Crippen LogP contribution in [0.4, 0.5) is 5.82 Å². The zero-order valence-electron chi connectivity index (χ0n) is 11.8. The summed E-state index contributed by atoms with van der Waals surface area (Å²) < 4.78 is 2.05. The summed E-state index contributed by atoms with van der Waals surface area (Å²) in [5, 5.41) is 3.41. The first-order valence-electron chi connectivity index (χ1n) is 7.28. The van der Waals surface area contributed by atoms with Crippen molar-refractivity contribution in [1.29, 1.82) is 0 Å². The average molecular weight is 272 g/mol. The Balaban J connectivity index is 1.51. The van der Waals surface area contributed by atoms with Gasteiger partial charge in [-0.05, 0) is 6.07 Å². The molecular formula is C14H20N6. The van der Waals surface area contributed by atoms with Gasteiger partial charge in [0.1, 0.15) is 5.52 Å². The van der Waals surface area contributed by atoms with Gasteiger partial charge in [-0.3, -0.25) is 4.90 Å². The van der Waals surface area contributed by atoms with Gasteiger partial charge in [-0.1, -0.05) is 0 Å². The molecule has 20 heavy (non-hydrogen) atoms. The summed E-state index contributed by atoms with van der Waals surface area (Å²) in [5.41, 5.74) is 2.18. The van der Waals surface area contributed by atoms with Gasteiger partial charge in [0.05, 0.1) is 11.8 Å². The molecule has 2 fully saturated rings. The SMILES string of the molecule is Cn1cnc2c(N3CC(N4CCNCC4)C3)nccc21. The predicted octanol–water partition coefficient (Wildman–Crippen LogP) is 0.0621. The molecule has 0 saturated carbocycles. The van der Waals surface area contributed by atoms with Gasteiger partial charge in [-0.2, -0.15) is 0 Å². The number of nitrogens with one attached hydrogen (secondary N) is 1. The lowest BCUT2D eigenvalue weighted by atomic mass is 10.1. The van der Waals surface area contributed by atoms with Crippen LogP contribution in [-0.4, -0.2) is 64.7 Å². The summed E-state index contributed by atoms with van der Waals surface area (Å²) in [7, 11) is 2.03. The molecule has 2 aromatic rings. The molecule has 0 spiro atoms. The van der Waals surface area contributed by atoms with Crippen molar-refractivity contribution in [2.45, 2.75) is 6.04 Å². The lowest BCUT2D eigenvalue weighted by Gasteiger charge is -2.47. The Bertz CT molecular complexity index is 609. The van der Waals surface area contributed by atoms with Crippen LogP contribution >= 0.6 is 0 Å². The number of aryl methyl sites for hydroxylation is 1. The zero-order valence-corrected chi connectivity index (χ0v) is 11.8. The van der Waals surface area contributed by atoms with Gasteiger partial charge in [-0.25, -0.2) is 9.97 Å². The number of rotatable bonds is 2. The highest BCUT2D eigenvalue weighted by atomic mass is 15.4. The van der Waals surface area contributed by atoms with Crippen LogP contribution in [0, 0.1) is 0 Å². The second-order valence-corrected chi connectivity index (χ2v) is 5.70. The van der Waals surface area contributed by atoms with Crippen LogP contribution in [-0.2, 0) is 7.05 Å². The molecule has 0 aliphatic carbocycles. The van der Waals surface area contributed by atoms with E-state index < -0.39 is 0 Å². The Kier molecular flexibility index (Phi) is 2.85. The number of piperazine rings is 1. The van der Waals surface area contributed by atoms with E-state index in [0.29, 0.717) is 6.04 Å². The number of pyridine rings is 1. The summed E-state index contributed by atoms with van der Waals surface area (Å²) >= 11 is 0. The van der Waals surface area contributed by atoms with E-state index in [1.54, 1.807) is 0 Å². The molecule has 2 aromatic heterocycles. The predicted molar refractivity (Wildman–Crippen MR) is 79.0 cm³/mol. The molecule has 4 rings (SSSR count). The molecule has 0 radical (unpaired) electrons. The normalized spacial score (nSPS) is 21.4. The Morgan fingerprint density at radius 1 is 1.20 bits per heavy atom. The lowest BCUT2D eigenvalue weighted by Crippen LogP contribution is -2.63. The first kappa shape index (κ1) is 12.1. The highest BCUT2D eigenvalue weighted by Gasteiger charge is 2.34. The van der Waals surface area contributed by atoms with Crippen molar-refractivity contribution >= 4 is 16.9 Å². The number of hydrogen-bond donors (Lipinski definition) is 1. The van der Waals surface area contributed by atoms with Crippen molar-refractivity contribution in [2.75, 3.05) is 44.2 Å². The Morgan fingerprint density at radius 3 is 2.80 bits per heavy atom. The second kappa shape index (κ2) is 4.71. The molecule has 0 amide bonds. The van der Waals surface area contributed by atoms with E-state index in [1.807, 2.05) is 30.2 Å². The van der Waals surface area contributed by atoms with Gasteiger partial charge >= 0.3 is 0 Å². The number of anilines is 1. The van der Waals surface area contributed by atoms with Crippen molar-refractivity contribution in [2.24, 2.45) is 7.05 Å². The van der Waals surface area contributed by atoms with E-state index >= 15 is 0 Å². The summed E-state index contributed by atoms with van der Waals surface area (Å²) in [5.74, 6) is 1.04. The molecule has 106 valence electrons. The van der Waals surface area contributed by atoms with Crippen LogP contribution in [0.2, 0.25) is 0 Å². The Hall–Kier alpha value is -1.66. The average Bonchev–Trinajstić information content (AvgIpc) is 2.81. The van der Waals surface area contributed by atoms with Crippen molar-refractivity contribution in [1.82, 2.24) is 24.8 Å². The topological polar surface area (TPSA) is 49.2 Å². The highest BCUT2D eigenvalue weighted by molar-refractivity contribution is 5.86. The van der Waals surface area contributed by atoms with Crippen LogP contribution in [0.1, 0.15) is 0 Å². The summed E-state index contributed by atoms with van der Waals surface area (Å²) in [4.78, 5) is 14.0. The van der Waals surface area contributed by atoms with Gasteiger partial charge in [0, 0.05) is 58.6 Å². The number of fused-ring (bicyclic) bond motifs is 1. The van der Waals surface area contributed by atoms with E-state index in [9.17, 15) is 0 Å². The number of nitrogens with zero attached hydrogens (tertiary/aromatic N) is 5. The first-order chi connectivity index (χ1) is 9.83. The molecule has 0 unspecified atom stereocenters. The van der Waals surface area contributed by atoms with E-state index in [4.69, 9.17) is 0 Å². The van der Waals surface area contributed by atoms with Crippen molar-refractivity contribution in [3.05, 3.63) is 18.6 Å². The Labute approximate surface area is 118 Å². The molecule has 0 bridgehead atoms. The molecule has 2 aliphatic rings. The minimum atomic E-state index is 0.679. The van der Waals surface area contributed by atoms with Crippen molar-refractivity contribution < 1.29 is 0 Å². The van der Waals surface area contributed by atoms with Crippen molar-refractivity contribution in [3.63, 3.8) is 0 Å². The van der Waals surface area contributed by atoms with Crippen LogP contribution in [0.5, 0.6) is 0 Å². The maximum atomic E-state index is 4.54. The monoisotopic (exact) mass is 272 g/mol.